The van der Waals surface area contributed by atoms with Gasteiger partial charge in [-0.15, -0.1) is 0 Å². The summed E-state index contributed by atoms with van der Waals surface area (Å²) in [4.78, 5) is 32.8. The minimum Gasteiger partial charge on any atom is -0.457 e. The molecule has 3 N–H and O–H groups in total. The highest BCUT2D eigenvalue weighted by atomic mass is 32.2. The minimum atomic E-state index is -0.454. The number of rotatable bonds is 5. The third-order valence-corrected chi connectivity index (χ3v) is 8.08. The van der Waals surface area contributed by atoms with Crippen molar-refractivity contribution in [2.45, 2.75) is 42.1 Å². The monoisotopic (exact) mass is 501 g/mol. The topological polar surface area (TPSA) is 95.6 Å². The highest BCUT2D eigenvalue weighted by molar-refractivity contribution is 8.01. The molecule has 1 aromatic heterocycles. The largest absolute Gasteiger partial charge is 0.457 e. The number of amides is 3. The first-order valence-electron chi connectivity index (χ1n) is 12.2. The summed E-state index contributed by atoms with van der Waals surface area (Å²) in [6, 6.07) is 16.6. The smallest absolute Gasteiger partial charge is 0.327 e. The number of hydrogen-bond acceptors (Lipinski definition) is 6. The number of thioether (sulfide) groups is 1. The Morgan fingerprint density at radius 2 is 2.06 bits per heavy atom. The standard InChI is InChI=1S/C27H27N5O3S/c1-16-14-18(9-10-21(16)35-19-7-3-2-4-8-19)32-20-11-13-29-26-22(20)23(31-27(32)34)24(36-26)25(33)30-17-6-5-12-28-15-17/h2-4,7-11,13-14,17,23-24,28H,5-6,12,15H2,1H3,(H,30,33)(H,31,34)/t17?,23?,24-/m1/s1. The van der Waals surface area contributed by atoms with E-state index in [-0.39, 0.29) is 18.0 Å². The van der Waals surface area contributed by atoms with Crippen molar-refractivity contribution in [2.75, 3.05) is 18.0 Å². The molecule has 0 aliphatic carbocycles. The average molecular weight is 502 g/mol. The van der Waals surface area contributed by atoms with Crippen LogP contribution in [0.1, 0.15) is 30.0 Å². The van der Waals surface area contributed by atoms with Crippen molar-refractivity contribution in [1.82, 2.24) is 20.9 Å². The lowest BCUT2D eigenvalue weighted by Crippen LogP contribution is -2.52. The Morgan fingerprint density at radius 3 is 2.83 bits per heavy atom. The number of nitrogens with one attached hydrogen (secondary N) is 3. The van der Waals surface area contributed by atoms with Gasteiger partial charge in [0.2, 0.25) is 5.91 Å². The molecule has 184 valence electrons. The number of aromatic nitrogens is 1. The molecular formula is C27H27N5O3S. The normalized spacial score (nSPS) is 22.5. The first-order valence-corrected chi connectivity index (χ1v) is 13.1. The summed E-state index contributed by atoms with van der Waals surface area (Å²) in [7, 11) is 0. The molecule has 0 bridgehead atoms. The second-order valence-corrected chi connectivity index (χ2v) is 10.4. The van der Waals surface area contributed by atoms with Gasteiger partial charge in [-0.1, -0.05) is 30.0 Å². The number of urea groups is 1. The van der Waals surface area contributed by atoms with Crippen molar-refractivity contribution in [3.63, 3.8) is 0 Å². The number of ether oxygens (including phenoxy) is 1. The zero-order valence-electron chi connectivity index (χ0n) is 19.9. The zero-order valence-corrected chi connectivity index (χ0v) is 20.7. The molecule has 2 unspecified atom stereocenters. The summed E-state index contributed by atoms with van der Waals surface area (Å²) in [5, 5.41) is 9.91. The van der Waals surface area contributed by atoms with Gasteiger partial charge in [0.25, 0.3) is 0 Å². The molecule has 6 rings (SSSR count). The van der Waals surface area contributed by atoms with E-state index in [1.165, 1.54) is 11.8 Å². The van der Waals surface area contributed by atoms with Crippen molar-refractivity contribution in [1.29, 1.82) is 0 Å². The quantitative estimate of drug-likeness (QED) is 0.479. The van der Waals surface area contributed by atoms with E-state index in [2.05, 4.69) is 20.9 Å². The molecule has 3 aromatic rings. The number of benzene rings is 2. The Bertz CT molecular complexity index is 1310. The minimum absolute atomic E-state index is 0.0605. The summed E-state index contributed by atoms with van der Waals surface area (Å²) in [6.07, 6.45) is 3.70. The summed E-state index contributed by atoms with van der Waals surface area (Å²) in [5.74, 6) is 1.42. The van der Waals surface area contributed by atoms with Crippen LogP contribution in [-0.4, -0.2) is 41.3 Å². The number of pyridine rings is 1. The zero-order chi connectivity index (χ0) is 24.6. The van der Waals surface area contributed by atoms with Gasteiger partial charge in [0.15, 0.2) is 0 Å². The Balaban J connectivity index is 1.27. The van der Waals surface area contributed by atoms with E-state index in [1.54, 1.807) is 11.1 Å². The lowest BCUT2D eigenvalue weighted by Gasteiger charge is -2.34. The van der Waals surface area contributed by atoms with Crippen molar-refractivity contribution in [3.8, 4) is 11.5 Å². The van der Waals surface area contributed by atoms with Crippen LogP contribution >= 0.6 is 11.8 Å². The molecule has 0 spiro atoms. The van der Waals surface area contributed by atoms with E-state index in [0.717, 1.165) is 65.0 Å². The molecule has 3 aliphatic heterocycles. The van der Waals surface area contributed by atoms with E-state index < -0.39 is 11.3 Å². The molecule has 3 amide bonds. The lowest BCUT2D eigenvalue weighted by molar-refractivity contribution is -0.121. The number of anilines is 2. The molecule has 3 atom stereocenters. The molecule has 2 aromatic carbocycles. The van der Waals surface area contributed by atoms with E-state index in [9.17, 15) is 9.59 Å². The molecule has 4 heterocycles. The fourth-order valence-electron chi connectivity index (χ4n) is 5.04. The fraction of sp³-hybridized carbons (Fsp3) is 0.296. The maximum atomic E-state index is 13.4. The van der Waals surface area contributed by atoms with Crippen LogP contribution in [0.25, 0.3) is 0 Å². The Hall–Kier alpha value is -3.56. The van der Waals surface area contributed by atoms with Gasteiger partial charge in [0.05, 0.1) is 17.4 Å². The molecule has 0 saturated carbocycles. The Morgan fingerprint density at radius 1 is 1.19 bits per heavy atom. The Kier molecular flexibility index (Phi) is 6.02. The van der Waals surface area contributed by atoms with Crippen LogP contribution < -0.4 is 25.6 Å². The molecule has 3 aliphatic rings. The second kappa shape index (κ2) is 9.48. The van der Waals surface area contributed by atoms with Crippen molar-refractivity contribution in [3.05, 3.63) is 71.9 Å². The number of hydrogen-bond donors (Lipinski definition) is 3. The third-order valence-electron chi connectivity index (χ3n) is 6.80. The van der Waals surface area contributed by atoms with Gasteiger partial charge < -0.3 is 20.7 Å². The number of carbonyl (C=O) groups excluding carboxylic acids is 2. The van der Waals surface area contributed by atoms with E-state index >= 15 is 0 Å². The van der Waals surface area contributed by atoms with Crippen LogP contribution in [0.5, 0.6) is 11.5 Å². The SMILES string of the molecule is Cc1cc(N2C(=O)NC3c4c2ccnc4S[C@H]3C(=O)NC2CCCNC2)ccc1Oc1ccccc1. The van der Waals surface area contributed by atoms with Gasteiger partial charge >= 0.3 is 6.03 Å². The van der Waals surface area contributed by atoms with Crippen LogP contribution in [0.15, 0.2) is 65.8 Å². The third kappa shape index (κ3) is 4.18. The fourth-order valence-corrected chi connectivity index (χ4v) is 6.28. The average Bonchev–Trinajstić information content (AvgIpc) is 3.26. The Labute approximate surface area is 213 Å². The molecule has 9 heteroatoms. The summed E-state index contributed by atoms with van der Waals surface area (Å²) >= 11 is 1.42. The maximum Gasteiger partial charge on any atom is 0.327 e. The van der Waals surface area contributed by atoms with Crippen LogP contribution in [0.3, 0.4) is 0 Å². The maximum absolute atomic E-state index is 13.4. The van der Waals surface area contributed by atoms with Gasteiger partial charge in [-0.2, -0.15) is 0 Å². The molecule has 0 radical (unpaired) electrons. The predicted octanol–water partition coefficient (Wildman–Crippen LogP) is 4.43. The van der Waals surface area contributed by atoms with Crippen LogP contribution in [0.2, 0.25) is 0 Å². The summed E-state index contributed by atoms with van der Waals surface area (Å²) in [6.45, 7) is 3.71. The first-order chi connectivity index (χ1) is 17.6. The van der Waals surface area contributed by atoms with Gasteiger partial charge in [-0.25, -0.2) is 9.78 Å². The van der Waals surface area contributed by atoms with Gasteiger partial charge in [0, 0.05) is 24.3 Å². The van der Waals surface area contributed by atoms with Crippen molar-refractivity contribution >= 4 is 35.1 Å². The van der Waals surface area contributed by atoms with Crippen LogP contribution in [0.4, 0.5) is 16.2 Å². The number of carbonyl (C=O) groups is 2. The number of nitrogens with zero attached hydrogens (tertiary/aromatic N) is 2. The van der Waals surface area contributed by atoms with Crippen molar-refractivity contribution in [2.24, 2.45) is 0 Å². The van der Waals surface area contributed by atoms with E-state index in [4.69, 9.17) is 4.74 Å². The lowest BCUT2D eigenvalue weighted by atomic mass is 9.99. The van der Waals surface area contributed by atoms with E-state index in [0.29, 0.717) is 0 Å². The summed E-state index contributed by atoms with van der Waals surface area (Å²) < 4.78 is 6.02. The molecule has 1 saturated heterocycles. The van der Waals surface area contributed by atoms with Crippen molar-refractivity contribution < 1.29 is 14.3 Å². The van der Waals surface area contributed by atoms with Crippen LogP contribution in [-0.2, 0) is 4.79 Å². The molecule has 8 nitrogen and oxygen atoms in total. The molecule has 1 fully saturated rings. The highest BCUT2D eigenvalue weighted by Gasteiger charge is 2.46. The molecular weight excluding hydrogens is 474 g/mol. The molecule has 36 heavy (non-hydrogen) atoms. The second-order valence-electron chi connectivity index (χ2n) is 9.27. The predicted molar refractivity (Wildman–Crippen MR) is 139 cm³/mol. The van der Waals surface area contributed by atoms with Crippen LogP contribution in [0, 0.1) is 6.92 Å². The highest BCUT2D eigenvalue weighted by Crippen LogP contribution is 2.50. The van der Waals surface area contributed by atoms with Gasteiger partial charge in [-0.3, -0.25) is 9.69 Å². The number of aryl methyl sites for hydroxylation is 1. The number of piperidine rings is 1. The first kappa shape index (κ1) is 22.9. The number of para-hydroxylation sites is 1. The van der Waals surface area contributed by atoms with Gasteiger partial charge in [0.1, 0.15) is 21.8 Å². The van der Waals surface area contributed by atoms with Gasteiger partial charge in [-0.05, 0) is 68.3 Å². The summed E-state index contributed by atoms with van der Waals surface area (Å²) in [5.41, 5.74) is 3.28. The van der Waals surface area contributed by atoms with E-state index in [1.807, 2.05) is 61.5 Å².